The fraction of sp³-hybridized carbons (Fsp3) is 0.488. The molecule has 3 aromatic carbocycles. The summed E-state index contributed by atoms with van der Waals surface area (Å²) in [7, 11) is 0. The summed E-state index contributed by atoms with van der Waals surface area (Å²) in [5, 5.41) is 16.0. The average molecular weight is 720 g/mol. The first-order chi connectivity index (χ1) is 25.6. The lowest BCUT2D eigenvalue weighted by Gasteiger charge is -2.51. The molecule has 53 heavy (non-hydrogen) atoms. The number of ether oxygens (including phenoxy) is 2. The number of aromatic nitrogens is 2. The molecule has 10 heteroatoms. The maximum atomic E-state index is 13.8. The molecule has 1 aliphatic carbocycles. The highest BCUT2D eigenvalue weighted by atomic mass is 16.7. The quantitative estimate of drug-likeness (QED) is 0.173. The SMILES string of the molecule is C[C@@H]1[C@H](CN2[C@@H](C(=O)NC(C)(C)C)CC[C@H]3CCCC[C@H]32)O[C@H](c2ccc(CNC(=O)c3cnc4ccccc4n3)cc2)O[C@@H]1c1ccc(CO)cc1. The summed E-state index contributed by atoms with van der Waals surface area (Å²) in [5.41, 5.74) is 5.06. The molecule has 280 valence electrons. The second-order valence-corrected chi connectivity index (χ2v) is 16.1. The second kappa shape index (κ2) is 16.0. The molecule has 3 fully saturated rings. The van der Waals surface area contributed by atoms with Gasteiger partial charge >= 0.3 is 0 Å². The molecule has 2 aliphatic heterocycles. The van der Waals surface area contributed by atoms with E-state index in [9.17, 15) is 14.7 Å². The number of aliphatic hydroxyl groups excluding tert-OH is 1. The number of nitrogens with zero attached hydrogens (tertiary/aromatic N) is 3. The number of likely N-dealkylation sites (tertiary alicyclic amines) is 1. The smallest absolute Gasteiger partial charge is 0.271 e. The van der Waals surface area contributed by atoms with E-state index in [0.717, 1.165) is 47.0 Å². The number of rotatable bonds is 9. The first kappa shape index (κ1) is 37.1. The van der Waals surface area contributed by atoms with Crippen LogP contribution in [0.2, 0.25) is 0 Å². The van der Waals surface area contributed by atoms with Gasteiger partial charge in [0, 0.05) is 36.2 Å². The highest BCUT2D eigenvalue weighted by Gasteiger charge is 2.46. The molecule has 0 bridgehead atoms. The van der Waals surface area contributed by atoms with Gasteiger partial charge in [-0.25, -0.2) is 4.98 Å². The molecule has 0 radical (unpaired) electrons. The lowest BCUT2D eigenvalue weighted by molar-refractivity contribution is -0.278. The minimum absolute atomic E-state index is 0.00536. The maximum absolute atomic E-state index is 13.8. The lowest BCUT2D eigenvalue weighted by atomic mass is 9.75. The summed E-state index contributed by atoms with van der Waals surface area (Å²) in [6.07, 6.45) is 7.08. The van der Waals surface area contributed by atoms with E-state index in [4.69, 9.17) is 9.47 Å². The van der Waals surface area contributed by atoms with Crippen molar-refractivity contribution in [2.75, 3.05) is 6.54 Å². The van der Waals surface area contributed by atoms with E-state index in [1.165, 1.54) is 25.5 Å². The van der Waals surface area contributed by atoms with Crippen molar-refractivity contribution < 1.29 is 24.2 Å². The third-order valence-corrected chi connectivity index (χ3v) is 11.2. The number of aliphatic hydroxyl groups is 1. The molecule has 7 rings (SSSR count). The van der Waals surface area contributed by atoms with Gasteiger partial charge < -0.3 is 25.2 Å². The van der Waals surface area contributed by atoms with E-state index in [1.54, 1.807) is 0 Å². The van der Waals surface area contributed by atoms with Crippen LogP contribution < -0.4 is 10.6 Å². The van der Waals surface area contributed by atoms with Gasteiger partial charge in [0.25, 0.3) is 5.91 Å². The molecule has 0 unspecified atom stereocenters. The van der Waals surface area contributed by atoms with Crippen LogP contribution in [0, 0.1) is 11.8 Å². The summed E-state index contributed by atoms with van der Waals surface area (Å²) in [5.74, 6) is 0.403. The Morgan fingerprint density at radius 2 is 1.57 bits per heavy atom. The van der Waals surface area contributed by atoms with Crippen LogP contribution in [0.1, 0.15) is 111 Å². The van der Waals surface area contributed by atoms with Crippen LogP contribution >= 0.6 is 0 Å². The summed E-state index contributed by atoms with van der Waals surface area (Å²) in [6.45, 7) is 9.26. The molecule has 3 aliphatic rings. The Morgan fingerprint density at radius 3 is 2.30 bits per heavy atom. The molecule has 2 saturated heterocycles. The Kier molecular flexibility index (Phi) is 11.2. The number of hydrogen-bond donors (Lipinski definition) is 3. The highest BCUT2D eigenvalue weighted by molar-refractivity contribution is 5.93. The van der Waals surface area contributed by atoms with Crippen molar-refractivity contribution in [1.82, 2.24) is 25.5 Å². The molecular formula is C43H53N5O5. The number of amides is 2. The van der Waals surface area contributed by atoms with Crippen LogP contribution in [0.25, 0.3) is 11.0 Å². The molecule has 2 amide bonds. The predicted molar refractivity (Wildman–Crippen MR) is 203 cm³/mol. The van der Waals surface area contributed by atoms with Gasteiger partial charge in [0.2, 0.25) is 5.91 Å². The number of fused-ring (bicyclic) bond motifs is 2. The van der Waals surface area contributed by atoms with E-state index in [-0.39, 0.29) is 53.8 Å². The molecule has 7 atom stereocenters. The van der Waals surface area contributed by atoms with Crippen molar-refractivity contribution >= 4 is 22.8 Å². The van der Waals surface area contributed by atoms with Crippen LogP contribution in [0.4, 0.5) is 0 Å². The fourth-order valence-electron chi connectivity index (χ4n) is 8.40. The number of benzene rings is 3. The Morgan fingerprint density at radius 1 is 0.868 bits per heavy atom. The summed E-state index contributed by atoms with van der Waals surface area (Å²) in [4.78, 5) is 38.1. The first-order valence-electron chi connectivity index (χ1n) is 19.2. The zero-order chi connectivity index (χ0) is 37.1. The topological polar surface area (TPSA) is 126 Å². The molecule has 10 nitrogen and oxygen atoms in total. The van der Waals surface area contributed by atoms with Crippen molar-refractivity contribution in [3.63, 3.8) is 0 Å². The Hall–Kier alpha value is -4.22. The van der Waals surface area contributed by atoms with Crippen LogP contribution in [-0.4, -0.2) is 62.1 Å². The summed E-state index contributed by atoms with van der Waals surface area (Å²) < 4.78 is 13.7. The van der Waals surface area contributed by atoms with Crippen molar-refractivity contribution in [3.8, 4) is 0 Å². The van der Waals surface area contributed by atoms with E-state index in [0.29, 0.717) is 30.6 Å². The normalized spacial score (nSPS) is 26.5. The van der Waals surface area contributed by atoms with Crippen LogP contribution in [0.15, 0.2) is 79.0 Å². The van der Waals surface area contributed by atoms with Crippen molar-refractivity contribution in [3.05, 3.63) is 107 Å². The fourth-order valence-corrected chi connectivity index (χ4v) is 8.40. The molecule has 3 N–H and O–H groups in total. The Balaban J connectivity index is 1.11. The minimum atomic E-state index is -0.635. The number of nitrogens with one attached hydrogen (secondary N) is 2. The second-order valence-electron chi connectivity index (χ2n) is 16.1. The number of para-hydroxylation sites is 2. The standard InChI is InChI=1S/C43H53N5O5/c1-27-38(25-48-36-12-8-5-9-30(36)21-22-37(48)41(51)47-43(2,3)4)52-42(53-39(27)31-17-15-29(26-49)16-18-31)32-19-13-28(14-20-32)23-45-40(50)35-24-44-33-10-6-7-11-34(33)46-35/h6-7,10-11,13-20,24,27,30,36-39,42,49H,5,8-9,12,21-23,25-26H2,1-4H3,(H,45,50)(H,47,51)/t27-,30-,36-,37-,38+,39+,42+/m1/s1. The van der Waals surface area contributed by atoms with E-state index in [2.05, 4.69) is 32.4 Å². The van der Waals surface area contributed by atoms with Gasteiger partial charge in [-0.2, -0.15) is 0 Å². The highest BCUT2D eigenvalue weighted by Crippen LogP contribution is 2.44. The lowest BCUT2D eigenvalue weighted by Crippen LogP contribution is -2.61. The summed E-state index contributed by atoms with van der Waals surface area (Å²) in [6, 6.07) is 23.6. The zero-order valence-corrected chi connectivity index (χ0v) is 31.3. The first-order valence-corrected chi connectivity index (χ1v) is 19.2. The van der Waals surface area contributed by atoms with Gasteiger partial charge in [-0.1, -0.05) is 80.4 Å². The number of carbonyl (C=O) groups excluding carboxylic acids is 2. The number of piperidine rings is 1. The third kappa shape index (κ3) is 8.62. The summed E-state index contributed by atoms with van der Waals surface area (Å²) >= 11 is 0. The predicted octanol–water partition coefficient (Wildman–Crippen LogP) is 6.78. The monoisotopic (exact) mass is 719 g/mol. The molecule has 0 spiro atoms. The van der Waals surface area contributed by atoms with Crippen molar-refractivity contribution in [2.24, 2.45) is 11.8 Å². The molecule has 1 aromatic heterocycles. The number of hydrogen-bond acceptors (Lipinski definition) is 8. The molecule has 1 saturated carbocycles. The maximum Gasteiger partial charge on any atom is 0.271 e. The van der Waals surface area contributed by atoms with Crippen LogP contribution in [0.5, 0.6) is 0 Å². The van der Waals surface area contributed by atoms with Crippen molar-refractivity contribution in [2.45, 2.75) is 115 Å². The minimum Gasteiger partial charge on any atom is -0.392 e. The third-order valence-electron chi connectivity index (χ3n) is 11.2. The molecule has 4 aromatic rings. The Labute approximate surface area is 312 Å². The van der Waals surface area contributed by atoms with Gasteiger partial charge in [-0.3, -0.25) is 19.5 Å². The van der Waals surface area contributed by atoms with Gasteiger partial charge in [0.05, 0.1) is 42.1 Å². The van der Waals surface area contributed by atoms with Gasteiger partial charge in [-0.05, 0) is 81.2 Å². The van der Waals surface area contributed by atoms with Crippen LogP contribution in [0.3, 0.4) is 0 Å². The molecule has 3 heterocycles. The van der Waals surface area contributed by atoms with Crippen molar-refractivity contribution in [1.29, 1.82) is 0 Å². The van der Waals surface area contributed by atoms with Gasteiger partial charge in [0.15, 0.2) is 6.29 Å². The van der Waals surface area contributed by atoms with E-state index < -0.39 is 6.29 Å². The van der Waals surface area contributed by atoms with Crippen LogP contribution in [-0.2, 0) is 27.4 Å². The zero-order valence-electron chi connectivity index (χ0n) is 31.3. The average Bonchev–Trinajstić information content (AvgIpc) is 3.17. The Bertz CT molecular complexity index is 1880. The van der Waals surface area contributed by atoms with E-state index >= 15 is 0 Å². The molecular weight excluding hydrogens is 667 g/mol. The van der Waals surface area contributed by atoms with Gasteiger partial charge in [0.1, 0.15) is 5.69 Å². The number of carbonyl (C=O) groups is 2. The van der Waals surface area contributed by atoms with E-state index in [1.807, 2.05) is 93.6 Å². The largest absolute Gasteiger partial charge is 0.392 e. The van der Waals surface area contributed by atoms with Gasteiger partial charge in [-0.15, -0.1) is 0 Å².